The van der Waals surface area contributed by atoms with E-state index < -0.39 is 0 Å². The largest absolute Gasteiger partial charge is 0.496 e. The minimum absolute atomic E-state index is 0.0875. The van der Waals surface area contributed by atoms with Crippen molar-refractivity contribution in [3.63, 3.8) is 0 Å². The fraction of sp³-hybridized carbons (Fsp3) is 0.0909. The lowest BCUT2D eigenvalue weighted by Crippen LogP contribution is -2.27. The molecule has 1 heterocycles. The van der Waals surface area contributed by atoms with Crippen LogP contribution in [0.3, 0.4) is 0 Å². The van der Waals surface area contributed by atoms with Crippen LogP contribution in [0.25, 0.3) is 16.8 Å². The number of carbonyl (C=O) groups is 1. The van der Waals surface area contributed by atoms with Gasteiger partial charge in [-0.05, 0) is 47.7 Å². The van der Waals surface area contributed by atoms with Gasteiger partial charge in [0, 0.05) is 5.39 Å². The zero-order valence-electron chi connectivity index (χ0n) is 14.9. The van der Waals surface area contributed by atoms with Crippen LogP contribution < -0.4 is 9.64 Å². The summed E-state index contributed by atoms with van der Waals surface area (Å²) in [5, 5.41) is 2.06. The molecule has 3 aromatic rings. The number of aryl methyl sites for hydroxylation is 1. The van der Waals surface area contributed by atoms with Crippen molar-refractivity contribution >= 4 is 56.7 Å². The molecule has 0 aromatic heterocycles. The molecule has 5 heteroatoms. The van der Waals surface area contributed by atoms with E-state index in [1.165, 1.54) is 11.8 Å². The van der Waals surface area contributed by atoms with Crippen molar-refractivity contribution in [3.05, 3.63) is 76.7 Å². The van der Waals surface area contributed by atoms with E-state index in [2.05, 4.69) is 0 Å². The molecule has 0 bridgehead atoms. The van der Waals surface area contributed by atoms with Crippen LogP contribution in [0.15, 0.2) is 65.6 Å². The van der Waals surface area contributed by atoms with Crippen LogP contribution in [0.2, 0.25) is 0 Å². The first-order valence-electron chi connectivity index (χ1n) is 8.49. The number of nitrogens with zero attached hydrogens (tertiary/aromatic N) is 1. The van der Waals surface area contributed by atoms with Gasteiger partial charge >= 0.3 is 0 Å². The molecule has 1 aliphatic rings. The lowest BCUT2D eigenvalue weighted by atomic mass is 10.0. The number of hydrogen-bond acceptors (Lipinski definition) is 4. The lowest BCUT2D eigenvalue weighted by molar-refractivity contribution is -0.113. The number of methoxy groups -OCH3 is 1. The van der Waals surface area contributed by atoms with E-state index in [4.69, 9.17) is 17.0 Å². The summed E-state index contributed by atoms with van der Waals surface area (Å²) in [6.07, 6.45) is 1.91. The van der Waals surface area contributed by atoms with Gasteiger partial charge in [-0.15, -0.1) is 0 Å². The number of amides is 1. The number of anilines is 1. The number of fused-ring (bicyclic) bond motifs is 1. The van der Waals surface area contributed by atoms with Gasteiger partial charge in [-0.25, -0.2) is 0 Å². The Morgan fingerprint density at radius 2 is 1.81 bits per heavy atom. The zero-order chi connectivity index (χ0) is 19.0. The topological polar surface area (TPSA) is 29.5 Å². The second kappa shape index (κ2) is 7.18. The monoisotopic (exact) mass is 391 g/mol. The number of ether oxygens (including phenoxy) is 1. The minimum atomic E-state index is -0.0875. The number of hydrogen-bond donors (Lipinski definition) is 0. The molecule has 0 atom stereocenters. The third-order valence-electron chi connectivity index (χ3n) is 4.48. The molecular weight excluding hydrogens is 374 g/mol. The molecule has 1 aliphatic heterocycles. The van der Waals surface area contributed by atoms with Crippen LogP contribution >= 0.6 is 24.0 Å². The lowest BCUT2D eigenvalue weighted by Gasteiger charge is -2.14. The van der Waals surface area contributed by atoms with Crippen LogP contribution in [0.1, 0.15) is 11.1 Å². The van der Waals surface area contributed by atoms with Crippen LogP contribution in [-0.2, 0) is 4.79 Å². The van der Waals surface area contributed by atoms with Gasteiger partial charge in [0.2, 0.25) is 0 Å². The van der Waals surface area contributed by atoms with Gasteiger partial charge in [-0.1, -0.05) is 66.4 Å². The molecule has 3 nitrogen and oxygen atoms in total. The van der Waals surface area contributed by atoms with E-state index in [0.717, 1.165) is 33.3 Å². The highest BCUT2D eigenvalue weighted by Crippen LogP contribution is 2.38. The molecule has 27 heavy (non-hydrogen) atoms. The summed E-state index contributed by atoms with van der Waals surface area (Å²) in [5.41, 5.74) is 2.86. The Bertz CT molecular complexity index is 1100. The van der Waals surface area contributed by atoms with Crippen LogP contribution in [0.5, 0.6) is 5.75 Å². The Balaban J connectivity index is 1.77. The number of rotatable bonds is 3. The van der Waals surface area contributed by atoms with E-state index in [9.17, 15) is 4.79 Å². The average Bonchev–Trinajstić information content (AvgIpc) is 2.95. The molecule has 1 fully saturated rings. The molecule has 0 radical (unpaired) electrons. The number of thiocarbonyl (C=S) groups is 1. The quantitative estimate of drug-likeness (QED) is 0.432. The first-order chi connectivity index (χ1) is 13.1. The van der Waals surface area contributed by atoms with Gasteiger partial charge < -0.3 is 4.74 Å². The molecule has 3 aromatic carbocycles. The molecule has 0 aliphatic carbocycles. The summed E-state index contributed by atoms with van der Waals surface area (Å²) < 4.78 is 6.01. The second-order valence-electron chi connectivity index (χ2n) is 6.26. The summed E-state index contributed by atoms with van der Waals surface area (Å²) in [5.74, 6) is 0.727. The molecule has 134 valence electrons. The van der Waals surface area contributed by atoms with Crippen molar-refractivity contribution in [3.8, 4) is 5.75 Å². The second-order valence-corrected chi connectivity index (χ2v) is 7.93. The summed E-state index contributed by atoms with van der Waals surface area (Å²) >= 11 is 6.81. The maximum absolute atomic E-state index is 13.0. The Morgan fingerprint density at radius 1 is 1.04 bits per heavy atom. The van der Waals surface area contributed by atoms with Gasteiger partial charge in [-0.3, -0.25) is 9.69 Å². The maximum Gasteiger partial charge on any atom is 0.270 e. The molecule has 1 amide bonds. The normalized spacial score (nSPS) is 15.8. The summed E-state index contributed by atoms with van der Waals surface area (Å²) in [6.45, 7) is 2.00. The number of thioether (sulfide) groups is 1. The van der Waals surface area contributed by atoms with Gasteiger partial charge in [0.1, 0.15) is 5.75 Å². The maximum atomic E-state index is 13.0. The number of benzene rings is 3. The number of carbonyl (C=O) groups excluding carboxylic acids is 1. The van der Waals surface area contributed by atoms with Crippen LogP contribution in [0, 0.1) is 6.92 Å². The molecule has 0 N–H and O–H groups in total. The molecule has 1 saturated heterocycles. The molecule has 0 saturated carbocycles. The summed E-state index contributed by atoms with van der Waals surface area (Å²) in [7, 11) is 1.66. The van der Waals surface area contributed by atoms with Gasteiger partial charge in [0.15, 0.2) is 4.32 Å². The Kier molecular flexibility index (Phi) is 4.72. The third-order valence-corrected chi connectivity index (χ3v) is 5.78. The first kappa shape index (κ1) is 17.8. The van der Waals surface area contributed by atoms with Crippen LogP contribution in [0.4, 0.5) is 5.69 Å². The Morgan fingerprint density at radius 3 is 2.56 bits per heavy atom. The average molecular weight is 392 g/mol. The van der Waals surface area contributed by atoms with Crippen molar-refractivity contribution in [1.82, 2.24) is 0 Å². The van der Waals surface area contributed by atoms with Crippen molar-refractivity contribution in [2.24, 2.45) is 0 Å². The van der Waals surface area contributed by atoms with Gasteiger partial charge in [-0.2, -0.15) is 0 Å². The standard InChI is InChI=1S/C22H17NO2S2/c1-14-6-5-7-16(12-14)23-21(24)20(27-22(23)26)13-15-10-11-19(25-2)18-9-4-3-8-17(15)18/h3-13H,1-2H3/b20-13-. The van der Waals surface area contributed by atoms with Crippen molar-refractivity contribution in [1.29, 1.82) is 0 Å². The van der Waals surface area contributed by atoms with Crippen molar-refractivity contribution < 1.29 is 9.53 Å². The fourth-order valence-corrected chi connectivity index (χ4v) is 4.49. The fourth-order valence-electron chi connectivity index (χ4n) is 3.20. The smallest absolute Gasteiger partial charge is 0.270 e. The van der Waals surface area contributed by atoms with Crippen LogP contribution in [-0.4, -0.2) is 17.3 Å². The zero-order valence-corrected chi connectivity index (χ0v) is 16.6. The summed E-state index contributed by atoms with van der Waals surface area (Å²) in [4.78, 5) is 15.2. The highest BCUT2D eigenvalue weighted by molar-refractivity contribution is 8.27. The molecule has 0 spiro atoms. The first-order valence-corrected chi connectivity index (χ1v) is 9.71. The SMILES string of the molecule is COc1ccc(/C=C2\SC(=S)N(c3cccc(C)c3)C2=O)c2ccccc12. The van der Waals surface area contributed by atoms with Crippen molar-refractivity contribution in [2.45, 2.75) is 6.92 Å². The van der Waals surface area contributed by atoms with E-state index in [-0.39, 0.29) is 5.91 Å². The minimum Gasteiger partial charge on any atom is -0.496 e. The Labute approximate surface area is 167 Å². The van der Waals surface area contributed by atoms with E-state index in [0.29, 0.717) is 9.23 Å². The van der Waals surface area contributed by atoms with E-state index in [1.54, 1.807) is 12.0 Å². The highest BCUT2D eigenvalue weighted by Gasteiger charge is 2.33. The molecule has 4 rings (SSSR count). The highest BCUT2D eigenvalue weighted by atomic mass is 32.2. The van der Waals surface area contributed by atoms with E-state index in [1.807, 2.05) is 73.7 Å². The molecular formula is C22H17NO2S2. The van der Waals surface area contributed by atoms with Gasteiger partial charge in [0.05, 0.1) is 17.7 Å². The predicted octanol–water partition coefficient (Wildman–Crippen LogP) is 5.56. The van der Waals surface area contributed by atoms with Gasteiger partial charge in [0.25, 0.3) is 5.91 Å². The van der Waals surface area contributed by atoms with Crippen molar-refractivity contribution in [2.75, 3.05) is 12.0 Å². The Hall–Kier alpha value is -2.63. The van der Waals surface area contributed by atoms with E-state index >= 15 is 0 Å². The predicted molar refractivity (Wildman–Crippen MR) is 117 cm³/mol. The summed E-state index contributed by atoms with van der Waals surface area (Å²) in [6, 6.07) is 19.7. The molecule has 0 unspecified atom stereocenters. The third kappa shape index (κ3) is 3.24.